The number of aromatic hydroxyl groups is 1. The Morgan fingerprint density at radius 3 is 2.38 bits per heavy atom. The number of fused-ring (bicyclic) bond motifs is 1. The van der Waals surface area contributed by atoms with E-state index in [-0.39, 0.29) is 29.7 Å². The molecule has 0 aliphatic rings. The first-order chi connectivity index (χ1) is 15.4. The van der Waals surface area contributed by atoms with Crippen molar-refractivity contribution in [1.82, 2.24) is 4.57 Å². The van der Waals surface area contributed by atoms with E-state index in [9.17, 15) is 19.5 Å². The molecule has 2 amide bonds. The van der Waals surface area contributed by atoms with Gasteiger partial charge in [-0.2, -0.15) is 0 Å². The molecule has 0 fully saturated rings. The maximum Gasteiger partial charge on any atom is 0.255 e. The minimum absolute atomic E-state index is 0.101. The maximum absolute atomic E-state index is 12.7. The van der Waals surface area contributed by atoms with Crippen molar-refractivity contribution in [1.29, 1.82) is 0 Å². The largest absolute Gasteiger partial charge is 0.507 e. The number of amides is 2. The smallest absolute Gasteiger partial charge is 0.255 e. The third-order valence-corrected chi connectivity index (χ3v) is 5.02. The van der Waals surface area contributed by atoms with Crippen molar-refractivity contribution in [3.05, 3.63) is 100 Å². The van der Waals surface area contributed by atoms with Gasteiger partial charge in [0.25, 0.3) is 11.5 Å². The fraction of sp³-hybridized carbons (Fsp3) is 0.0800. The molecule has 1 aromatic heterocycles. The number of hydrogen-bond donors (Lipinski definition) is 3. The SMILES string of the molecule is Cc1ccc(=O)n(CC(=O)Nc2ccc(C(=O)Nc3cccc4c(O)cccc34)cc2)c1. The van der Waals surface area contributed by atoms with E-state index in [0.717, 1.165) is 10.9 Å². The van der Waals surface area contributed by atoms with Gasteiger partial charge < -0.3 is 20.3 Å². The Balaban J connectivity index is 1.44. The number of nitrogens with zero attached hydrogens (tertiary/aromatic N) is 1. The van der Waals surface area contributed by atoms with Crippen molar-refractivity contribution < 1.29 is 14.7 Å². The van der Waals surface area contributed by atoms with E-state index in [0.29, 0.717) is 22.3 Å². The Hall–Kier alpha value is -4.39. The van der Waals surface area contributed by atoms with Gasteiger partial charge in [-0.1, -0.05) is 30.3 Å². The second-order valence-corrected chi connectivity index (χ2v) is 7.43. The highest BCUT2D eigenvalue weighted by Gasteiger charge is 2.11. The number of phenolic OH excluding ortho intramolecular Hbond substituents is 1. The van der Waals surface area contributed by atoms with Gasteiger partial charge in [0.15, 0.2) is 0 Å². The minimum atomic E-state index is -0.342. The standard InChI is InChI=1S/C25H21N3O4/c1-16-8-13-24(31)28(14-16)15-23(30)26-18-11-9-17(10-12-18)25(32)27-21-6-2-5-20-19(21)4-3-7-22(20)29/h2-14,29H,15H2,1H3,(H,26,30)(H,27,32). The zero-order valence-electron chi connectivity index (χ0n) is 17.3. The number of aryl methyl sites for hydroxylation is 1. The van der Waals surface area contributed by atoms with E-state index >= 15 is 0 Å². The fourth-order valence-electron chi connectivity index (χ4n) is 3.43. The molecule has 32 heavy (non-hydrogen) atoms. The van der Waals surface area contributed by atoms with E-state index < -0.39 is 0 Å². The molecule has 7 nitrogen and oxygen atoms in total. The number of carbonyl (C=O) groups excluding carboxylic acids is 2. The Labute approximate surface area is 183 Å². The lowest BCUT2D eigenvalue weighted by Crippen LogP contribution is -2.26. The normalized spacial score (nSPS) is 10.7. The van der Waals surface area contributed by atoms with E-state index in [4.69, 9.17) is 0 Å². The molecule has 0 saturated carbocycles. The third kappa shape index (κ3) is 4.52. The number of nitrogens with one attached hydrogen (secondary N) is 2. The van der Waals surface area contributed by atoms with Gasteiger partial charge in [0.1, 0.15) is 12.3 Å². The van der Waals surface area contributed by atoms with E-state index in [1.165, 1.54) is 10.6 Å². The van der Waals surface area contributed by atoms with Crippen LogP contribution in [0.25, 0.3) is 10.8 Å². The monoisotopic (exact) mass is 427 g/mol. The van der Waals surface area contributed by atoms with Gasteiger partial charge in [0, 0.05) is 40.0 Å². The quantitative estimate of drug-likeness (QED) is 0.450. The molecule has 0 aliphatic carbocycles. The highest BCUT2D eigenvalue weighted by Crippen LogP contribution is 2.30. The topological polar surface area (TPSA) is 100 Å². The molecule has 160 valence electrons. The van der Waals surface area contributed by atoms with Crippen LogP contribution < -0.4 is 16.2 Å². The molecule has 0 saturated heterocycles. The number of carbonyl (C=O) groups is 2. The average molecular weight is 427 g/mol. The average Bonchev–Trinajstić information content (AvgIpc) is 2.77. The summed E-state index contributed by atoms with van der Waals surface area (Å²) in [4.78, 5) is 36.8. The maximum atomic E-state index is 12.7. The van der Waals surface area contributed by atoms with Crippen LogP contribution in [0.15, 0.2) is 83.8 Å². The molecule has 0 bridgehead atoms. The molecule has 3 N–H and O–H groups in total. The Bertz CT molecular complexity index is 1370. The van der Waals surface area contributed by atoms with Crippen LogP contribution >= 0.6 is 0 Å². The predicted octanol–water partition coefficient (Wildman–Crippen LogP) is 3.91. The Morgan fingerprint density at radius 2 is 1.59 bits per heavy atom. The molecule has 0 radical (unpaired) electrons. The molecule has 0 unspecified atom stereocenters. The summed E-state index contributed by atoms with van der Waals surface area (Å²) in [6.45, 7) is 1.75. The molecule has 3 aromatic carbocycles. The van der Waals surface area contributed by atoms with Crippen LogP contribution in [0.2, 0.25) is 0 Å². The van der Waals surface area contributed by atoms with Crippen LogP contribution in [0.4, 0.5) is 11.4 Å². The summed E-state index contributed by atoms with van der Waals surface area (Å²) in [6.07, 6.45) is 1.63. The van der Waals surface area contributed by atoms with Crippen molar-refractivity contribution in [3.63, 3.8) is 0 Å². The Kier molecular flexibility index (Phi) is 5.72. The number of benzene rings is 3. The number of pyridine rings is 1. The van der Waals surface area contributed by atoms with Gasteiger partial charge in [0.05, 0.1) is 0 Å². The molecule has 7 heteroatoms. The van der Waals surface area contributed by atoms with Crippen LogP contribution in [0.1, 0.15) is 15.9 Å². The van der Waals surface area contributed by atoms with Crippen LogP contribution in [0, 0.1) is 6.92 Å². The van der Waals surface area contributed by atoms with Crippen molar-refractivity contribution >= 4 is 34.0 Å². The summed E-state index contributed by atoms with van der Waals surface area (Å²) in [7, 11) is 0. The number of phenols is 1. The zero-order valence-corrected chi connectivity index (χ0v) is 17.3. The van der Waals surface area contributed by atoms with Gasteiger partial charge in [-0.3, -0.25) is 14.4 Å². The van der Waals surface area contributed by atoms with Crippen LogP contribution in [-0.2, 0) is 11.3 Å². The predicted molar refractivity (Wildman–Crippen MR) is 124 cm³/mol. The van der Waals surface area contributed by atoms with Crippen molar-refractivity contribution in [2.75, 3.05) is 10.6 Å². The zero-order chi connectivity index (χ0) is 22.7. The number of aromatic nitrogens is 1. The molecule has 0 atom stereocenters. The number of anilines is 2. The van der Waals surface area contributed by atoms with Gasteiger partial charge in [0.2, 0.25) is 5.91 Å². The summed E-state index contributed by atoms with van der Waals surface area (Å²) >= 11 is 0. The molecule has 0 aliphatic heterocycles. The van der Waals surface area contributed by atoms with Gasteiger partial charge in [-0.05, 0) is 48.9 Å². The van der Waals surface area contributed by atoms with E-state index in [2.05, 4.69) is 10.6 Å². The second-order valence-electron chi connectivity index (χ2n) is 7.43. The van der Waals surface area contributed by atoms with Gasteiger partial charge >= 0.3 is 0 Å². The molecular weight excluding hydrogens is 406 g/mol. The summed E-state index contributed by atoms with van der Waals surface area (Å²) in [5, 5.41) is 17.0. The Morgan fingerprint density at radius 1 is 0.875 bits per heavy atom. The summed E-state index contributed by atoms with van der Waals surface area (Å²) in [5.74, 6) is -0.512. The van der Waals surface area contributed by atoms with Crippen molar-refractivity contribution in [2.45, 2.75) is 13.5 Å². The minimum Gasteiger partial charge on any atom is -0.507 e. The molecule has 4 aromatic rings. The van der Waals surface area contributed by atoms with Crippen LogP contribution in [0.5, 0.6) is 5.75 Å². The second kappa shape index (κ2) is 8.77. The highest BCUT2D eigenvalue weighted by atomic mass is 16.3. The summed E-state index contributed by atoms with van der Waals surface area (Å²) < 4.78 is 1.34. The van der Waals surface area contributed by atoms with Gasteiger partial charge in [-0.15, -0.1) is 0 Å². The lowest BCUT2D eigenvalue weighted by molar-refractivity contribution is -0.116. The fourth-order valence-corrected chi connectivity index (χ4v) is 3.43. The highest BCUT2D eigenvalue weighted by molar-refractivity contribution is 6.10. The molecule has 1 heterocycles. The van der Waals surface area contributed by atoms with E-state index in [1.54, 1.807) is 66.9 Å². The lowest BCUT2D eigenvalue weighted by Gasteiger charge is -2.11. The number of rotatable bonds is 5. The van der Waals surface area contributed by atoms with Gasteiger partial charge in [-0.25, -0.2) is 0 Å². The van der Waals surface area contributed by atoms with Crippen molar-refractivity contribution in [2.24, 2.45) is 0 Å². The first-order valence-corrected chi connectivity index (χ1v) is 10.00. The molecule has 0 spiro atoms. The lowest BCUT2D eigenvalue weighted by atomic mass is 10.1. The third-order valence-electron chi connectivity index (χ3n) is 5.02. The van der Waals surface area contributed by atoms with E-state index in [1.807, 2.05) is 13.0 Å². The van der Waals surface area contributed by atoms with Crippen LogP contribution in [-0.4, -0.2) is 21.5 Å². The molecule has 4 rings (SSSR count). The molecular formula is C25H21N3O4. The first-order valence-electron chi connectivity index (χ1n) is 10.00. The van der Waals surface area contributed by atoms with Crippen molar-refractivity contribution in [3.8, 4) is 5.75 Å². The van der Waals surface area contributed by atoms with Crippen LogP contribution in [0.3, 0.4) is 0 Å². The summed E-state index contributed by atoms with van der Waals surface area (Å²) in [5.41, 5.74) is 2.15. The summed E-state index contributed by atoms with van der Waals surface area (Å²) in [6, 6.07) is 20.0. The first kappa shape index (κ1) is 20.9. The number of hydrogen-bond acceptors (Lipinski definition) is 4.